The van der Waals surface area contributed by atoms with Crippen LogP contribution in [-0.2, 0) is 6.54 Å². The van der Waals surface area contributed by atoms with Gasteiger partial charge < -0.3 is 9.73 Å². The molecule has 0 aliphatic rings. The van der Waals surface area contributed by atoms with Crippen molar-refractivity contribution in [2.24, 2.45) is 0 Å². The first kappa shape index (κ1) is 16.0. The number of hydrogen-bond donors (Lipinski definition) is 1. The molecule has 128 valence electrons. The number of nitrogens with zero attached hydrogens (tertiary/aromatic N) is 2. The molecule has 0 aliphatic carbocycles. The highest BCUT2D eigenvalue weighted by molar-refractivity contribution is 5.87. The predicted molar refractivity (Wildman–Crippen MR) is 97.2 cm³/mol. The lowest BCUT2D eigenvalue weighted by molar-refractivity contribution is 0.617. The molecule has 5 nitrogen and oxygen atoms in total. The molecular weight excluding hydrogens is 333 g/mol. The first-order chi connectivity index (χ1) is 12.7. The Balaban J connectivity index is 1.73. The Bertz CT molecular complexity index is 1110. The van der Waals surface area contributed by atoms with E-state index >= 15 is 0 Å². The monoisotopic (exact) mass is 347 g/mol. The highest BCUT2D eigenvalue weighted by Crippen LogP contribution is 2.25. The van der Waals surface area contributed by atoms with E-state index in [1.807, 2.05) is 6.07 Å². The van der Waals surface area contributed by atoms with Crippen LogP contribution in [0, 0.1) is 5.82 Å². The molecule has 6 heteroatoms. The summed E-state index contributed by atoms with van der Waals surface area (Å²) in [6, 6.07) is 12.8. The van der Waals surface area contributed by atoms with E-state index in [0.717, 1.165) is 5.56 Å². The molecule has 0 atom stereocenters. The van der Waals surface area contributed by atoms with Gasteiger partial charge in [-0.15, -0.1) is 0 Å². The Morgan fingerprint density at radius 2 is 1.92 bits per heavy atom. The molecule has 0 unspecified atom stereocenters. The molecule has 3 heterocycles. The Labute approximate surface area is 148 Å². The van der Waals surface area contributed by atoms with E-state index in [4.69, 9.17) is 4.42 Å². The zero-order valence-electron chi connectivity index (χ0n) is 13.6. The second kappa shape index (κ2) is 6.76. The van der Waals surface area contributed by atoms with Crippen LogP contribution in [0.3, 0.4) is 0 Å². The molecule has 0 radical (unpaired) electrons. The Kier molecular flexibility index (Phi) is 4.15. The lowest BCUT2D eigenvalue weighted by Crippen LogP contribution is -2.06. The Hall–Kier alpha value is -3.54. The summed E-state index contributed by atoms with van der Waals surface area (Å²) in [4.78, 5) is 20.8. The van der Waals surface area contributed by atoms with Crippen molar-refractivity contribution in [1.82, 2.24) is 9.97 Å². The molecule has 4 rings (SSSR count). The minimum Gasteiger partial charge on any atom is -0.452 e. The van der Waals surface area contributed by atoms with Crippen molar-refractivity contribution >= 4 is 16.8 Å². The third kappa shape index (κ3) is 3.17. The molecule has 0 fully saturated rings. The molecule has 1 N–H and O–H groups in total. The van der Waals surface area contributed by atoms with Gasteiger partial charge >= 0.3 is 0 Å². The van der Waals surface area contributed by atoms with E-state index in [0.29, 0.717) is 34.7 Å². The van der Waals surface area contributed by atoms with Gasteiger partial charge in [-0.3, -0.25) is 9.78 Å². The fraction of sp³-hybridized carbons (Fsp3) is 0.0500. The molecule has 1 aromatic carbocycles. The molecular formula is C20H14FN3O2. The van der Waals surface area contributed by atoms with E-state index in [2.05, 4.69) is 15.3 Å². The van der Waals surface area contributed by atoms with Gasteiger partial charge in [0.15, 0.2) is 16.8 Å². The van der Waals surface area contributed by atoms with Crippen molar-refractivity contribution in [1.29, 1.82) is 0 Å². The van der Waals surface area contributed by atoms with Crippen molar-refractivity contribution in [2.45, 2.75) is 6.54 Å². The van der Waals surface area contributed by atoms with E-state index in [-0.39, 0.29) is 11.2 Å². The zero-order chi connectivity index (χ0) is 17.9. The van der Waals surface area contributed by atoms with Gasteiger partial charge in [0.25, 0.3) is 0 Å². The first-order valence-corrected chi connectivity index (χ1v) is 8.02. The van der Waals surface area contributed by atoms with Crippen LogP contribution < -0.4 is 10.7 Å². The van der Waals surface area contributed by atoms with Gasteiger partial charge in [-0.25, -0.2) is 9.37 Å². The fourth-order valence-electron chi connectivity index (χ4n) is 2.65. The SMILES string of the molecule is O=c1cc(-c2cccnc2)oc2c(NCc3ccc(F)cc3)nccc12. The number of benzene rings is 1. The summed E-state index contributed by atoms with van der Waals surface area (Å²) in [6.45, 7) is 0.424. The predicted octanol–water partition coefficient (Wildman–Crippen LogP) is 4.00. The van der Waals surface area contributed by atoms with Gasteiger partial charge in [-0.1, -0.05) is 12.1 Å². The van der Waals surface area contributed by atoms with Crippen LogP contribution in [0.1, 0.15) is 5.56 Å². The van der Waals surface area contributed by atoms with Crippen molar-refractivity contribution in [3.8, 4) is 11.3 Å². The van der Waals surface area contributed by atoms with Crippen LogP contribution in [0.4, 0.5) is 10.2 Å². The van der Waals surface area contributed by atoms with E-state index in [9.17, 15) is 9.18 Å². The third-order valence-corrected chi connectivity index (χ3v) is 3.96. The van der Waals surface area contributed by atoms with Gasteiger partial charge in [0, 0.05) is 36.8 Å². The van der Waals surface area contributed by atoms with Gasteiger partial charge in [0.05, 0.1) is 5.39 Å². The summed E-state index contributed by atoms with van der Waals surface area (Å²) >= 11 is 0. The maximum Gasteiger partial charge on any atom is 0.193 e. The van der Waals surface area contributed by atoms with Crippen molar-refractivity contribution in [3.05, 3.63) is 88.7 Å². The lowest BCUT2D eigenvalue weighted by atomic mass is 10.2. The van der Waals surface area contributed by atoms with E-state index in [1.54, 1.807) is 42.9 Å². The van der Waals surface area contributed by atoms with Gasteiger partial charge in [-0.05, 0) is 35.9 Å². The minimum atomic E-state index is -0.288. The summed E-state index contributed by atoms with van der Waals surface area (Å²) in [6.07, 6.45) is 4.84. The van der Waals surface area contributed by atoms with Crippen molar-refractivity contribution in [3.63, 3.8) is 0 Å². The minimum absolute atomic E-state index is 0.155. The van der Waals surface area contributed by atoms with Gasteiger partial charge in [-0.2, -0.15) is 0 Å². The maximum absolute atomic E-state index is 13.0. The first-order valence-electron chi connectivity index (χ1n) is 8.02. The molecule has 0 saturated heterocycles. The number of rotatable bonds is 4. The standard InChI is InChI=1S/C20H14FN3O2/c21-15-5-3-13(4-6-15)11-24-20-19-16(7-9-23-20)17(25)10-18(26-19)14-2-1-8-22-12-14/h1-10,12H,11H2,(H,23,24). The van der Waals surface area contributed by atoms with E-state index < -0.39 is 0 Å². The second-order valence-corrected chi connectivity index (χ2v) is 5.73. The fourth-order valence-corrected chi connectivity index (χ4v) is 2.65. The molecule has 26 heavy (non-hydrogen) atoms. The molecule has 0 aliphatic heterocycles. The average Bonchev–Trinajstić information content (AvgIpc) is 2.68. The molecule has 0 spiro atoms. The Morgan fingerprint density at radius 3 is 2.69 bits per heavy atom. The summed E-state index contributed by atoms with van der Waals surface area (Å²) < 4.78 is 19.0. The van der Waals surface area contributed by atoms with Crippen LogP contribution in [0.25, 0.3) is 22.3 Å². The zero-order valence-corrected chi connectivity index (χ0v) is 13.6. The van der Waals surface area contributed by atoms with Gasteiger partial charge in [0.1, 0.15) is 11.6 Å². The summed E-state index contributed by atoms with van der Waals surface area (Å²) in [5, 5.41) is 3.59. The topological polar surface area (TPSA) is 68.0 Å². The van der Waals surface area contributed by atoms with Crippen molar-refractivity contribution in [2.75, 3.05) is 5.32 Å². The Morgan fingerprint density at radius 1 is 1.08 bits per heavy atom. The van der Waals surface area contributed by atoms with Crippen LogP contribution in [0.15, 0.2) is 76.3 Å². The van der Waals surface area contributed by atoms with E-state index in [1.165, 1.54) is 18.2 Å². The highest BCUT2D eigenvalue weighted by atomic mass is 19.1. The second-order valence-electron chi connectivity index (χ2n) is 5.73. The maximum atomic E-state index is 13.0. The van der Waals surface area contributed by atoms with Crippen molar-refractivity contribution < 1.29 is 8.81 Å². The average molecular weight is 347 g/mol. The number of fused-ring (bicyclic) bond motifs is 1. The van der Waals surface area contributed by atoms with Gasteiger partial charge in [0.2, 0.25) is 0 Å². The number of pyridine rings is 2. The smallest absolute Gasteiger partial charge is 0.193 e. The number of aromatic nitrogens is 2. The largest absolute Gasteiger partial charge is 0.452 e. The number of nitrogens with one attached hydrogen (secondary N) is 1. The number of halogens is 1. The van der Waals surface area contributed by atoms with Crippen LogP contribution in [0.2, 0.25) is 0 Å². The van der Waals surface area contributed by atoms with Crippen LogP contribution in [-0.4, -0.2) is 9.97 Å². The number of hydrogen-bond acceptors (Lipinski definition) is 5. The molecule has 3 aromatic heterocycles. The van der Waals surface area contributed by atoms with Crippen LogP contribution >= 0.6 is 0 Å². The quantitative estimate of drug-likeness (QED) is 0.604. The molecule has 0 saturated carbocycles. The summed E-state index contributed by atoms with van der Waals surface area (Å²) in [5.41, 5.74) is 1.81. The highest BCUT2D eigenvalue weighted by Gasteiger charge is 2.11. The normalized spacial score (nSPS) is 10.8. The lowest BCUT2D eigenvalue weighted by Gasteiger charge is -2.09. The molecule has 0 amide bonds. The third-order valence-electron chi connectivity index (χ3n) is 3.96. The summed E-state index contributed by atoms with van der Waals surface area (Å²) in [5.74, 6) is 0.590. The molecule has 4 aromatic rings. The molecule has 0 bridgehead atoms. The number of anilines is 1. The summed E-state index contributed by atoms with van der Waals surface area (Å²) in [7, 11) is 0. The van der Waals surface area contributed by atoms with Crippen LogP contribution in [0.5, 0.6) is 0 Å².